The minimum Gasteiger partial charge on any atom is -0.493 e. The topological polar surface area (TPSA) is 130 Å². The average Bonchev–Trinajstić information content (AvgIpc) is 2.61. The van der Waals surface area contributed by atoms with Gasteiger partial charge in [0.25, 0.3) is 0 Å². The number of carboxylic acids is 2. The lowest BCUT2D eigenvalue weighted by atomic mass is 10.2. The number of nitrogens with zero attached hydrogens (tertiary/aromatic N) is 1. The summed E-state index contributed by atoms with van der Waals surface area (Å²) in [5.41, 5.74) is 6.40. The molecule has 2 aromatic rings. The third-order valence-electron chi connectivity index (χ3n) is 3.61. The number of ether oxygens (including phenoxy) is 1. The number of benzene rings is 2. The maximum atomic E-state index is 11.8. The number of nitrogens with two attached hydrogens (primary N) is 1. The molecule has 8 nitrogen and oxygen atoms in total. The van der Waals surface area contributed by atoms with Crippen molar-refractivity contribution in [2.75, 3.05) is 11.5 Å². The van der Waals surface area contributed by atoms with E-state index in [2.05, 4.69) is 0 Å². The predicted octanol–water partition coefficient (Wildman–Crippen LogP) is 2.70. The van der Waals surface area contributed by atoms with Crippen LogP contribution in [0.4, 0.5) is 16.2 Å². The summed E-state index contributed by atoms with van der Waals surface area (Å²) in [4.78, 5) is 34.8. The Labute approximate surface area is 149 Å². The monoisotopic (exact) mass is 358 g/mol. The zero-order valence-electron chi connectivity index (χ0n) is 14.0. The van der Waals surface area contributed by atoms with Crippen molar-refractivity contribution in [3.63, 3.8) is 0 Å². The molecular formula is C18H18N2O6. The van der Waals surface area contributed by atoms with Gasteiger partial charge in [-0.05, 0) is 55.5 Å². The Kier molecular flexibility index (Phi) is 5.79. The Morgan fingerprint density at radius 2 is 1.50 bits per heavy atom. The molecule has 0 fully saturated rings. The van der Waals surface area contributed by atoms with Crippen LogP contribution in [0.2, 0.25) is 0 Å². The Bertz CT molecular complexity index is 801. The molecule has 1 atom stereocenters. The largest absolute Gasteiger partial charge is 0.493 e. The molecule has 0 radical (unpaired) electrons. The fourth-order valence-electron chi connectivity index (χ4n) is 2.14. The molecule has 0 saturated heterocycles. The van der Waals surface area contributed by atoms with Gasteiger partial charge in [-0.25, -0.2) is 9.59 Å². The molecule has 0 aromatic heterocycles. The predicted molar refractivity (Wildman–Crippen MR) is 93.9 cm³/mol. The van der Waals surface area contributed by atoms with Crippen LogP contribution in [-0.4, -0.2) is 34.8 Å². The third kappa shape index (κ3) is 4.50. The van der Waals surface area contributed by atoms with Crippen molar-refractivity contribution in [1.29, 1.82) is 0 Å². The molecule has 0 saturated carbocycles. The summed E-state index contributed by atoms with van der Waals surface area (Å²) in [6.45, 7) is 1.55. The summed E-state index contributed by atoms with van der Waals surface area (Å²) in [5.74, 6) is -2.22. The summed E-state index contributed by atoms with van der Waals surface area (Å²) in [6.07, 6.45) is 0. The van der Waals surface area contributed by atoms with Crippen molar-refractivity contribution >= 4 is 29.3 Å². The highest BCUT2D eigenvalue weighted by Crippen LogP contribution is 2.27. The highest BCUT2D eigenvalue weighted by molar-refractivity contribution is 5.99. The number of aromatic carboxylic acids is 1. The molecule has 2 rings (SSSR count). The zero-order valence-corrected chi connectivity index (χ0v) is 14.0. The molecule has 26 heavy (non-hydrogen) atoms. The molecule has 2 aromatic carbocycles. The molecule has 2 amide bonds. The Morgan fingerprint density at radius 1 is 1.00 bits per heavy atom. The van der Waals surface area contributed by atoms with E-state index in [1.807, 2.05) is 0 Å². The molecule has 4 N–H and O–H groups in total. The number of hydrogen-bond acceptors (Lipinski definition) is 4. The SMILES string of the molecule is CC(COc1ccc(N(C(N)=O)c2ccc(C(=O)O)cc2)cc1)C(=O)O. The number of rotatable bonds is 7. The first-order chi connectivity index (χ1) is 12.3. The van der Waals surface area contributed by atoms with Crippen LogP contribution in [0.3, 0.4) is 0 Å². The number of carboxylic acid groups (broad SMARTS) is 2. The van der Waals surface area contributed by atoms with Gasteiger partial charge in [0.2, 0.25) is 0 Å². The number of primary amides is 1. The van der Waals surface area contributed by atoms with Crippen LogP contribution in [0.25, 0.3) is 0 Å². The third-order valence-corrected chi connectivity index (χ3v) is 3.61. The van der Waals surface area contributed by atoms with Crippen LogP contribution in [0.15, 0.2) is 48.5 Å². The molecule has 8 heteroatoms. The van der Waals surface area contributed by atoms with Crippen molar-refractivity contribution in [2.45, 2.75) is 6.92 Å². The molecule has 0 aliphatic carbocycles. The van der Waals surface area contributed by atoms with Crippen molar-refractivity contribution in [3.05, 3.63) is 54.1 Å². The van der Waals surface area contributed by atoms with Gasteiger partial charge in [-0.1, -0.05) is 0 Å². The van der Waals surface area contributed by atoms with Gasteiger partial charge in [-0.3, -0.25) is 9.69 Å². The second kappa shape index (κ2) is 8.02. The lowest BCUT2D eigenvalue weighted by Crippen LogP contribution is -2.31. The highest BCUT2D eigenvalue weighted by Gasteiger charge is 2.16. The quantitative estimate of drug-likeness (QED) is 0.697. The number of carbonyl (C=O) groups excluding carboxylic acids is 1. The van der Waals surface area contributed by atoms with E-state index in [4.69, 9.17) is 20.7 Å². The fourth-order valence-corrected chi connectivity index (χ4v) is 2.14. The van der Waals surface area contributed by atoms with Crippen molar-refractivity contribution < 1.29 is 29.3 Å². The molecule has 136 valence electrons. The standard InChI is InChI=1S/C18H18N2O6/c1-11(16(21)22)10-26-15-8-6-14(7-9-15)20(18(19)25)13-4-2-12(3-5-13)17(23)24/h2-9,11H,10H2,1H3,(H2,19,25)(H,21,22)(H,23,24). The lowest BCUT2D eigenvalue weighted by Gasteiger charge is -2.21. The van der Waals surface area contributed by atoms with Gasteiger partial charge < -0.3 is 20.7 Å². The average molecular weight is 358 g/mol. The Balaban J connectivity index is 2.18. The van der Waals surface area contributed by atoms with E-state index in [9.17, 15) is 14.4 Å². The van der Waals surface area contributed by atoms with Crippen LogP contribution in [0.1, 0.15) is 17.3 Å². The van der Waals surface area contributed by atoms with Gasteiger partial charge in [0, 0.05) is 0 Å². The number of hydrogen-bond donors (Lipinski definition) is 3. The summed E-state index contributed by atoms with van der Waals surface area (Å²) in [5, 5.41) is 17.8. The lowest BCUT2D eigenvalue weighted by molar-refractivity contribution is -0.142. The van der Waals surface area contributed by atoms with E-state index in [1.165, 1.54) is 36.1 Å². The van der Waals surface area contributed by atoms with E-state index in [0.717, 1.165) is 0 Å². The van der Waals surface area contributed by atoms with Gasteiger partial charge in [0.15, 0.2) is 0 Å². The maximum absolute atomic E-state index is 11.8. The van der Waals surface area contributed by atoms with E-state index in [1.54, 1.807) is 24.3 Å². The van der Waals surface area contributed by atoms with Gasteiger partial charge in [0.1, 0.15) is 12.4 Å². The molecule has 0 aliphatic rings. The van der Waals surface area contributed by atoms with E-state index in [-0.39, 0.29) is 12.2 Å². The number of carbonyl (C=O) groups is 3. The minimum absolute atomic E-state index is 0.0187. The van der Waals surface area contributed by atoms with Crippen LogP contribution in [-0.2, 0) is 4.79 Å². The first-order valence-corrected chi connectivity index (χ1v) is 7.68. The van der Waals surface area contributed by atoms with Crippen LogP contribution in [0.5, 0.6) is 5.75 Å². The van der Waals surface area contributed by atoms with Gasteiger partial charge >= 0.3 is 18.0 Å². The van der Waals surface area contributed by atoms with E-state index >= 15 is 0 Å². The fraction of sp³-hybridized carbons (Fsp3) is 0.167. The Hall–Kier alpha value is -3.55. The molecule has 0 bridgehead atoms. The molecule has 0 spiro atoms. The first kappa shape index (κ1) is 18.8. The minimum atomic E-state index is -1.07. The first-order valence-electron chi connectivity index (χ1n) is 7.68. The van der Waals surface area contributed by atoms with Gasteiger partial charge in [-0.2, -0.15) is 0 Å². The van der Waals surface area contributed by atoms with Crippen molar-refractivity contribution in [1.82, 2.24) is 0 Å². The summed E-state index contributed by atoms with van der Waals surface area (Å²) in [7, 11) is 0. The van der Waals surface area contributed by atoms with E-state index < -0.39 is 23.9 Å². The normalized spacial score (nSPS) is 11.4. The Morgan fingerprint density at radius 3 is 1.92 bits per heavy atom. The van der Waals surface area contributed by atoms with Crippen LogP contribution in [0, 0.1) is 5.92 Å². The van der Waals surface area contributed by atoms with Crippen LogP contribution >= 0.6 is 0 Å². The maximum Gasteiger partial charge on any atom is 0.335 e. The van der Waals surface area contributed by atoms with Gasteiger partial charge in [0.05, 0.1) is 22.9 Å². The summed E-state index contributed by atoms with van der Waals surface area (Å²) >= 11 is 0. The van der Waals surface area contributed by atoms with Gasteiger partial charge in [-0.15, -0.1) is 0 Å². The van der Waals surface area contributed by atoms with Crippen molar-refractivity contribution in [2.24, 2.45) is 11.7 Å². The number of amides is 2. The smallest absolute Gasteiger partial charge is 0.335 e. The molecule has 1 unspecified atom stereocenters. The number of aliphatic carboxylic acids is 1. The molecule has 0 heterocycles. The second-order valence-electron chi connectivity index (χ2n) is 5.57. The van der Waals surface area contributed by atoms with Crippen LogP contribution < -0.4 is 15.4 Å². The second-order valence-corrected chi connectivity index (χ2v) is 5.57. The highest BCUT2D eigenvalue weighted by atomic mass is 16.5. The number of anilines is 2. The summed E-state index contributed by atoms with van der Waals surface area (Å²) < 4.78 is 5.39. The molecular weight excluding hydrogens is 340 g/mol. The zero-order chi connectivity index (χ0) is 19.3. The number of urea groups is 1. The molecule has 0 aliphatic heterocycles. The van der Waals surface area contributed by atoms with E-state index in [0.29, 0.717) is 17.1 Å². The van der Waals surface area contributed by atoms with Crippen molar-refractivity contribution in [3.8, 4) is 5.75 Å². The summed E-state index contributed by atoms with van der Waals surface area (Å²) in [6, 6.07) is 11.3.